The average molecular weight is 532 g/mol. The van der Waals surface area contributed by atoms with Crippen LogP contribution in [-0.2, 0) is 20.6 Å². The topological polar surface area (TPSA) is 69.7 Å². The Bertz CT molecular complexity index is 1560. The molecule has 1 N–H and O–H groups in total. The summed E-state index contributed by atoms with van der Waals surface area (Å²) in [4.78, 5) is 44.6. The molecule has 6 nitrogen and oxygen atoms in total. The van der Waals surface area contributed by atoms with Gasteiger partial charge < -0.3 is 10.2 Å². The maximum atomic E-state index is 14.0. The largest absolute Gasteiger partial charge is 0.416 e. The standard InChI is InChI=1S/C30H24F3N3O3/c1-16-10-11-22(17(2)14-16)36-28(38)23-24(29(36)39)26(35-13-12-18-6-3-4-9-21(18)25(23)35)27(37)34-20-8-5-7-19(15-20)30(31,32)33/h3-15,23-26H,1-2H3,(H,34,37)/t23-,24+,25?,26-/m0/s1. The Morgan fingerprint density at radius 1 is 0.897 bits per heavy atom. The molecule has 1 unspecified atom stereocenters. The molecule has 4 atom stereocenters. The first-order valence-corrected chi connectivity index (χ1v) is 12.5. The van der Waals surface area contributed by atoms with Crippen molar-refractivity contribution in [1.29, 1.82) is 0 Å². The number of hydrogen-bond donors (Lipinski definition) is 1. The van der Waals surface area contributed by atoms with Gasteiger partial charge in [0.15, 0.2) is 0 Å². The maximum absolute atomic E-state index is 14.0. The molecule has 3 aliphatic rings. The maximum Gasteiger partial charge on any atom is 0.416 e. The summed E-state index contributed by atoms with van der Waals surface area (Å²) in [5, 5.41) is 2.58. The van der Waals surface area contributed by atoms with Crippen molar-refractivity contribution in [1.82, 2.24) is 4.90 Å². The number of carbonyl (C=O) groups excluding carboxylic acids is 3. The number of fused-ring (bicyclic) bond motifs is 5. The zero-order valence-corrected chi connectivity index (χ0v) is 21.1. The monoisotopic (exact) mass is 531 g/mol. The number of halogens is 3. The molecular weight excluding hydrogens is 507 g/mol. The van der Waals surface area contributed by atoms with Crippen LogP contribution in [0.1, 0.15) is 33.9 Å². The highest BCUT2D eigenvalue weighted by atomic mass is 19.4. The number of aryl methyl sites for hydroxylation is 2. The van der Waals surface area contributed by atoms with E-state index in [2.05, 4.69) is 5.32 Å². The lowest BCUT2D eigenvalue weighted by Crippen LogP contribution is -2.46. The van der Waals surface area contributed by atoms with Gasteiger partial charge in [0.2, 0.25) is 17.7 Å². The quantitative estimate of drug-likeness (QED) is 0.455. The number of benzene rings is 3. The van der Waals surface area contributed by atoms with E-state index in [0.717, 1.165) is 34.4 Å². The van der Waals surface area contributed by atoms with Crippen LogP contribution in [0.2, 0.25) is 0 Å². The van der Waals surface area contributed by atoms with Crippen molar-refractivity contribution in [2.45, 2.75) is 32.1 Å². The molecule has 0 bridgehead atoms. The van der Waals surface area contributed by atoms with Crippen molar-refractivity contribution in [3.63, 3.8) is 0 Å². The fourth-order valence-electron chi connectivity index (χ4n) is 6.14. The van der Waals surface area contributed by atoms with Crippen molar-refractivity contribution < 1.29 is 27.6 Å². The first-order chi connectivity index (χ1) is 18.6. The molecule has 3 aromatic carbocycles. The highest BCUT2D eigenvalue weighted by Crippen LogP contribution is 2.53. The molecule has 39 heavy (non-hydrogen) atoms. The lowest BCUT2D eigenvalue weighted by Gasteiger charge is -2.35. The molecule has 198 valence electrons. The van der Waals surface area contributed by atoms with Gasteiger partial charge in [0.05, 0.1) is 29.1 Å². The van der Waals surface area contributed by atoms with Gasteiger partial charge in [-0.1, -0.05) is 48.0 Å². The number of anilines is 2. The zero-order valence-electron chi connectivity index (χ0n) is 21.1. The second-order valence-electron chi connectivity index (χ2n) is 10.2. The van der Waals surface area contributed by atoms with Crippen LogP contribution >= 0.6 is 0 Å². The van der Waals surface area contributed by atoms with Gasteiger partial charge in [-0.3, -0.25) is 14.4 Å². The summed E-state index contributed by atoms with van der Waals surface area (Å²) in [7, 11) is 0. The van der Waals surface area contributed by atoms with Crippen LogP contribution in [0.4, 0.5) is 24.5 Å². The molecule has 3 aliphatic heterocycles. The van der Waals surface area contributed by atoms with Crippen LogP contribution in [0.3, 0.4) is 0 Å². The third-order valence-electron chi connectivity index (χ3n) is 7.78. The van der Waals surface area contributed by atoms with E-state index >= 15 is 0 Å². The van der Waals surface area contributed by atoms with Crippen molar-refractivity contribution >= 4 is 35.2 Å². The van der Waals surface area contributed by atoms with E-state index in [-0.39, 0.29) is 5.69 Å². The summed E-state index contributed by atoms with van der Waals surface area (Å²) in [5.41, 5.74) is 2.94. The smallest absolute Gasteiger partial charge is 0.357 e. The van der Waals surface area contributed by atoms with Crippen molar-refractivity contribution in [3.8, 4) is 0 Å². The van der Waals surface area contributed by atoms with Gasteiger partial charge in [-0.2, -0.15) is 13.2 Å². The minimum absolute atomic E-state index is 0.0424. The van der Waals surface area contributed by atoms with E-state index in [1.807, 2.05) is 56.3 Å². The second-order valence-corrected chi connectivity index (χ2v) is 10.2. The summed E-state index contributed by atoms with van der Waals surface area (Å²) in [6, 6.07) is 15.6. The number of alkyl halides is 3. The van der Waals surface area contributed by atoms with Crippen molar-refractivity contribution in [3.05, 3.63) is 101 Å². The highest BCUT2D eigenvalue weighted by molar-refractivity contribution is 6.24. The highest BCUT2D eigenvalue weighted by Gasteiger charge is 2.64. The Labute approximate surface area is 222 Å². The van der Waals surface area contributed by atoms with Crippen LogP contribution in [0.15, 0.2) is 72.9 Å². The Morgan fingerprint density at radius 3 is 2.38 bits per heavy atom. The van der Waals surface area contributed by atoms with E-state index in [9.17, 15) is 27.6 Å². The number of nitrogens with zero attached hydrogens (tertiary/aromatic N) is 2. The van der Waals surface area contributed by atoms with Crippen LogP contribution in [0.5, 0.6) is 0 Å². The number of rotatable bonds is 3. The van der Waals surface area contributed by atoms with E-state index in [1.165, 1.54) is 17.0 Å². The minimum Gasteiger partial charge on any atom is -0.357 e. The molecule has 3 amide bonds. The number of carbonyl (C=O) groups is 3. The second kappa shape index (κ2) is 8.83. The summed E-state index contributed by atoms with van der Waals surface area (Å²) in [6.07, 6.45) is -1.07. The fourth-order valence-corrected chi connectivity index (χ4v) is 6.14. The van der Waals surface area contributed by atoms with Gasteiger partial charge in [0.1, 0.15) is 6.04 Å². The Balaban J connectivity index is 1.43. The van der Waals surface area contributed by atoms with Crippen LogP contribution in [0.25, 0.3) is 6.08 Å². The van der Waals surface area contributed by atoms with E-state index in [0.29, 0.717) is 5.69 Å². The Morgan fingerprint density at radius 2 is 1.64 bits per heavy atom. The molecule has 0 radical (unpaired) electrons. The molecule has 0 spiro atoms. The third-order valence-corrected chi connectivity index (χ3v) is 7.78. The molecule has 2 saturated heterocycles. The van der Waals surface area contributed by atoms with Crippen molar-refractivity contribution in [2.75, 3.05) is 10.2 Å². The lowest BCUT2D eigenvalue weighted by atomic mass is 9.84. The Hall–Kier alpha value is -4.40. The number of amides is 3. The number of nitrogens with one attached hydrogen (secondary N) is 1. The minimum atomic E-state index is -4.58. The lowest BCUT2D eigenvalue weighted by molar-refractivity contribution is -0.137. The first kappa shape index (κ1) is 24.9. The predicted octanol–water partition coefficient (Wildman–Crippen LogP) is 5.48. The van der Waals surface area contributed by atoms with Gasteiger partial charge in [-0.05, 0) is 60.9 Å². The summed E-state index contributed by atoms with van der Waals surface area (Å²) < 4.78 is 39.8. The van der Waals surface area contributed by atoms with Gasteiger partial charge in [-0.25, -0.2) is 4.90 Å². The summed E-state index contributed by atoms with van der Waals surface area (Å²) >= 11 is 0. The average Bonchev–Trinajstić information content (AvgIpc) is 3.37. The molecule has 6 rings (SSSR count). The predicted molar refractivity (Wildman–Crippen MR) is 139 cm³/mol. The third kappa shape index (κ3) is 3.91. The van der Waals surface area contributed by atoms with E-state index in [4.69, 9.17) is 0 Å². The van der Waals surface area contributed by atoms with Gasteiger partial charge in [-0.15, -0.1) is 0 Å². The molecular formula is C30H24F3N3O3. The summed E-state index contributed by atoms with van der Waals surface area (Å²) in [5.74, 6) is -3.42. The van der Waals surface area contributed by atoms with Crippen molar-refractivity contribution in [2.24, 2.45) is 11.8 Å². The van der Waals surface area contributed by atoms with Gasteiger partial charge >= 0.3 is 6.18 Å². The van der Waals surface area contributed by atoms with Gasteiger partial charge in [0.25, 0.3) is 0 Å². The molecule has 0 saturated carbocycles. The number of hydrogen-bond acceptors (Lipinski definition) is 4. The molecule has 0 aromatic heterocycles. The van der Waals surface area contributed by atoms with Gasteiger partial charge in [0, 0.05) is 11.9 Å². The van der Waals surface area contributed by atoms with Crippen LogP contribution in [0, 0.1) is 25.7 Å². The number of imide groups is 1. The van der Waals surface area contributed by atoms with E-state index < -0.39 is 53.4 Å². The van der Waals surface area contributed by atoms with Crippen LogP contribution < -0.4 is 10.2 Å². The Kier molecular flexibility index (Phi) is 5.64. The van der Waals surface area contributed by atoms with Crippen LogP contribution in [-0.4, -0.2) is 28.7 Å². The summed E-state index contributed by atoms with van der Waals surface area (Å²) in [6.45, 7) is 3.73. The molecule has 3 heterocycles. The molecule has 2 fully saturated rings. The molecule has 3 aromatic rings. The van der Waals surface area contributed by atoms with E-state index in [1.54, 1.807) is 17.2 Å². The molecule has 0 aliphatic carbocycles. The SMILES string of the molecule is Cc1ccc(N2C(=O)[C@@H]3[C@H](C2=O)C2c4ccccc4C=CN2[C@@H]3C(=O)Nc2cccc(C(F)(F)F)c2)c(C)c1. The normalized spacial score (nSPS) is 23.5. The zero-order chi connectivity index (χ0) is 27.6. The first-order valence-electron chi connectivity index (χ1n) is 12.5. The molecule has 9 heteroatoms. The fraction of sp³-hybridized carbons (Fsp3) is 0.233.